The van der Waals surface area contributed by atoms with Gasteiger partial charge in [-0.25, -0.2) is 0 Å². The van der Waals surface area contributed by atoms with Crippen molar-refractivity contribution in [2.75, 3.05) is 26.2 Å². The molecule has 1 heterocycles. The summed E-state index contributed by atoms with van der Waals surface area (Å²) in [7, 11) is 0. The standard InChI is InChI=1S/C34H51ClN6O6/c1-33(2,3)34(39-30(45)24-9-5-8-23(19-24)28(36)43,31(46)38-26(27(42)29(37)44)18-21-6-4-7-21)32(47)41-16-14-40(15-17-41)20-22-10-12-25(35)13-11-22/h10-13,21,23-24,26-27,42H,4-9,14-20H2,1-3H3,(H2,36,43)(H2,37,44)(H,38,46)(H,39,45)/t23?,24?,26?,27-,34?/m0/s1. The van der Waals surface area contributed by atoms with E-state index in [1.165, 1.54) is 0 Å². The molecule has 12 nitrogen and oxygen atoms in total. The number of aliphatic hydroxyl groups excluding tert-OH is 1. The summed E-state index contributed by atoms with van der Waals surface area (Å²) < 4.78 is 0. The largest absolute Gasteiger partial charge is 0.381 e. The van der Waals surface area contributed by atoms with Crippen molar-refractivity contribution in [2.24, 2.45) is 34.6 Å². The number of halogens is 1. The number of amides is 5. The number of carbonyl (C=O) groups is 5. The first kappa shape index (κ1) is 36.6. The Morgan fingerprint density at radius 3 is 2.06 bits per heavy atom. The summed E-state index contributed by atoms with van der Waals surface area (Å²) in [5.41, 5.74) is 8.89. The van der Waals surface area contributed by atoms with E-state index in [9.17, 15) is 29.1 Å². The van der Waals surface area contributed by atoms with E-state index in [-0.39, 0.29) is 12.3 Å². The lowest BCUT2D eigenvalue weighted by Crippen LogP contribution is -2.75. The highest BCUT2D eigenvalue weighted by atomic mass is 35.5. The van der Waals surface area contributed by atoms with Gasteiger partial charge in [-0.15, -0.1) is 0 Å². The van der Waals surface area contributed by atoms with Crippen LogP contribution >= 0.6 is 11.6 Å². The maximum Gasteiger partial charge on any atom is 0.258 e. The zero-order valence-electron chi connectivity index (χ0n) is 27.8. The molecular formula is C34H51ClN6O6. The van der Waals surface area contributed by atoms with Crippen LogP contribution in [0.4, 0.5) is 0 Å². The van der Waals surface area contributed by atoms with Gasteiger partial charge in [-0.3, -0.25) is 28.9 Å². The fraction of sp³-hybridized carbons (Fsp3) is 0.676. The average Bonchev–Trinajstić information content (AvgIpc) is 3.00. The molecule has 3 fully saturated rings. The number of carbonyl (C=O) groups excluding carboxylic acids is 5. The molecule has 5 atom stereocenters. The Kier molecular flexibility index (Phi) is 11.9. The number of rotatable bonds is 12. The number of benzene rings is 1. The Balaban J connectivity index is 1.63. The van der Waals surface area contributed by atoms with Gasteiger partial charge in [0, 0.05) is 55.0 Å². The van der Waals surface area contributed by atoms with Crippen LogP contribution in [0.1, 0.15) is 77.7 Å². The van der Waals surface area contributed by atoms with Crippen LogP contribution in [0.2, 0.25) is 5.02 Å². The minimum Gasteiger partial charge on any atom is -0.381 e. The molecule has 13 heteroatoms. The average molecular weight is 675 g/mol. The van der Waals surface area contributed by atoms with Gasteiger partial charge < -0.3 is 32.1 Å². The van der Waals surface area contributed by atoms with Crippen molar-refractivity contribution in [1.29, 1.82) is 0 Å². The van der Waals surface area contributed by atoms with Crippen molar-refractivity contribution in [3.63, 3.8) is 0 Å². The van der Waals surface area contributed by atoms with E-state index in [1.54, 1.807) is 25.7 Å². The summed E-state index contributed by atoms with van der Waals surface area (Å²) in [6.07, 6.45) is 3.33. The molecule has 2 saturated carbocycles. The van der Waals surface area contributed by atoms with Crippen LogP contribution in [0.5, 0.6) is 0 Å². The maximum absolute atomic E-state index is 14.8. The van der Waals surface area contributed by atoms with Gasteiger partial charge >= 0.3 is 0 Å². The number of aliphatic hydroxyl groups is 1. The summed E-state index contributed by atoms with van der Waals surface area (Å²) in [5, 5.41) is 17.1. The molecule has 3 aliphatic rings. The van der Waals surface area contributed by atoms with E-state index in [0.717, 1.165) is 24.8 Å². The molecule has 1 aromatic rings. The van der Waals surface area contributed by atoms with Gasteiger partial charge in [0.2, 0.25) is 23.3 Å². The van der Waals surface area contributed by atoms with Crippen LogP contribution < -0.4 is 22.1 Å². The molecule has 0 aromatic heterocycles. The van der Waals surface area contributed by atoms with Gasteiger partial charge in [0.05, 0.1) is 6.04 Å². The summed E-state index contributed by atoms with van der Waals surface area (Å²) in [6.45, 7) is 7.50. The maximum atomic E-state index is 14.8. The van der Waals surface area contributed by atoms with Crippen molar-refractivity contribution in [3.8, 4) is 0 Å². The van der Waals surface area contributed by atoms with E-state index in [0.29, 0.717) is 63.4 Å². The van der Waals surface area contributed by atoms with Gasteiger partial charge in [-0.2, -0.15) is 0 Å². The first-order valence-electron chi connectivity index (χ1n) is 16.8. The van der Waals surface area contributed by atoms with Gasteiger partial charge in [0.15, 0.2) is 6.10 Å². The van der Waals surface area contributed by atoms with Crippen LogP contribution in [0, 0.1) is 23.2 Å². The predicted octanol–water partition coefficient (Wildman–Crippen LogP) is 1.70. The molecule has 1 aromatic carbocycles. The molecule has 2 aliphatic carbocycles. The molecule has 4 rings (SSSR count). The highest BCUT2D eigenvalue weighted by Crippen LogP contribution is 2.37. The Labute approximate surface area is 282 Å². The summed E-state index contributed by atoms with van der Waals surface area (Å²) in [5.74, 6) is -4.26. The molecule has 1 saturated heterocycles. The second kappa shape index (κ2) is 15.3. The molecular weight excluding hydrogens is 624 g/mol. The molecule has 1 aliphatic heterocycles. The Morgan fingerprint density at radius 2 is 1.53 bits per heavy atom. The number of nitrogens with zero attached hydrogens (tertiary/aromatic N) is 2. The van der Waals surface area contributed by atoms with E-state index in [2.05, 4.69) is 15.5 Å². The predicted molar refractivity (Wildman–Crippen MR) is 177 cm³/mol. The van der Waals surface area contributed by atoms with Crippen LogP contribution in [0.3, 0.4) is 0 Å². The Hall–Kier alpha value is -3.22. The Bertz CT molecular complexity index is 1310. The first-order valence-corrected chi connectivity index (χ1v) is 17.2. The fourth-order valence-electron chi connectivity index (χ4n) is 7.05. The Morgan fingerprint density at radius 1 is 0.936 bits per heavy atom. The number of primary amides is 2. The van der Waals surface area contributed by atoms with Gasteiger partial charge in [0.1, 0.15) is 0 Å². The third kappa shape index (κ3) is 8.63. The lowest BCUT2D eigenvalue weighted by atomic mass is 9.70. The molecule has 4 unspecified atom stereocenters. The third-order valence-corrected chi connectivity index (χ3v) is 10.6. The number of nitrogens with one attached hydrogen (secondary N) is 2. The van der Waals surface area contributed by atoms with Crippen molar-refractivity contribution in [3.05, 3.63) is 34.9 Å². The zero-order chi connectivity index (χ0) is 34.5. The minimum absolute atomic E-state index is 0.185. The number of hydrogen-bond donors (Lipinski definition) is 5. The van der Waals surface area contributed by atoms with Crippen molar-refractivity contribution < 1.29 is 29.1 Å². The van der Waals surface area contributed by atoms with Crippen molar-refractivity contribution in [2.45, 2.75) is 96.4 Å². The van der Waals surface area contributed by atoms with Crippen LogP contribution in [0.25, 0.3) is 0 Å². The van der Waals surface area contributed by atoms with Gasteiger partial charge in [-0.1, -0.05) is 70.2 Å². The third-order valence-electron chi connectivity index (χ3n) is 10.3. The molecule has 5 amide bonds. The number of hydrogen-bond acceptors (Lipinski definition) is 7. The summed E-state index contributed by atoms with van der Waals surface area (Å²) in [4.78, 5) is 71.3. The topological polar surface area (TPSA) is 188 Å². The molecule has 47 heavy (non-hydrogen) atoms. The van der Waals surface area contributed by atoms with Crippen molar-refractivity contribution >= 4 is 41.1 Å². The quantitative estimate of drug-likeness (QED) is 0.209. The second-order valence-electron chi connectivity index (χ2n) is 14.6. The SMILES string of the molecule is CC(C)(C)C(NC(=O)C1CCCC(C(N)=O)C1)(C(=O)NC(CC1CCC1)[C@H](O)C(N)=O)C(=O)N1CCN(Cc2ccc(Cl)cc2)CC1. The summed E-state index contributed by atoms with van der Waals surface area (Å²) >= 11 is 6.04. The van der Waals surface area contributed by atoms with Crippen LogP contribution in [0.15, 0.2) is 24.3 Å². The van der Waals surface area contributed by atoms with Crippen LogP contribution in [-0.4, -0.2) is 88.3 Å². The van der Waals surface area contributed by atoms with E-state index in [4.69, 9.17) is 23.1 Å². The lowest BCUT2D eigenvalue weighted by molar-refractivity contribution is -0.158. The van der Waals surface area contributed by atoms with E-state index < -0.39 is 64.5 Å². The zero-order valence-corrected chi connectivity index (χ0v) is 28.6. The minimum atomic E-state index is -2.10. The highest BCUT2D eigenvalue weighted by Gasteiger charge is 2.59. The number of piperazine rings is 1. The first-order chi connectivity index (χ1) is 22.1. The van der Waals surface area contributed by atoms with E-state index in [1.807, 2.05) is 24.3 Å². The molecule has 0 spiro atoms. The lowest BCUT2D eigenvalue weighted by Gasteiger charge is -2.47. The number of nitrogens with two attached hydrogens (primary N) is 2. The van der Waals surface area contributed by atoms with Crippen LogP contribution in [-0.2, 0) is 30.5 Å². The molecule has 0 bridgehead atoms. The van der Waals surface area contributed by atoms with Crippen molar-refractivity contribution in [1.82, 2.24) is 20.4 Å². The molecule has 7 N–H and O–H groups in total. The van der Waals surface area contributed by atoms with Gasteiger partial charge in [-0.05, 0) is 49.3 Å². The van der Waals surface area contributed by atoms with Gasteiger partial charge in [0.25, 0.3) is 11.8 Å². The molecule has 260 valence electrons. The van der Waals surface area contributed by atoms with E-state index >= 15 is 0 Å². The fourth-order valence-corrected chi connectivity index (χ4v) is 7.18. The highest BCUT2D eigenvalue weighted by molar-refractivity contribution is 6.30. The monoisotopic (exact) mass is 674 g/mol. The second-order valence-corrected chi connectivity index (χ2v) is 15.0. The normalized spacial score (nSPS) is 23.5. The summed E-state index contributed by atoms with van der Waals surface area (Å²) in [6, 6.07) is 6.54. The smallest absolute Gasteiger partial charge is 0.258 e. The molecule has 0 radical (unpaired) electrons.